The average Bonchev–Trinajstić information content (AvgIpc) is 2.59. The minimum absolute atomic E-state index is 0.00482. The van der Waals surface area contributed by atoms with E-state index in [2.05, 4.69) is 0 Å². The molecular formula is C19H33NO6. The van der Waals surface area contributed by atoms with E-state index in [-0.39, 0.29) is 30.9 Å². The monoisotopic (exact) mass is 371 g/mol. The number of ether oxygens (including phenoxy) is 2. The van der Waals surface area contributed by atoms with Gasteiger partial charge in [-0.05, 0) is 31.6 Å². The minimum Gasteiger partial charge on any atom is -0.481 e. The number of aliphatic carboxylic acids is 1. The lowest BCUT2D eigenvalue weighted by Gasteiger charge is -2.36. The van der Waals surface area contributed by atoms with Gasteiger partial charge in [0.2, 0.25) is 5.91 Å². The second kappa shape index (κ2) is 12.8. The Bertz CT molecular complexity index is 453. The molecule has 0 saturated carbocycles. The molecule has 0 aromatic heterocycles. The summed E-state index contributed by atoms with van der Waals surface area (Å²) in [6.07, 6.45) is 6.90. The highest BCUT2D eigenvalue weighted by Crippen LogP contribution is 2.21. The summed E-state index contributed by atoms with van der Waals surface area (Å²) in [5.74, 6) is -0.636. The van der Waals surface area contributed by atoms with Gasteiger partial charge in [0.25, 0.3) is 0 Å². The first-order valence-electron chi connectivity index (χ1n) is 9.38. The zero-order chi connectivity index (χ0) is 19.4. The minimum atomic E-state index is -0.877. The summed E-state index contributed by atoms with van der Waals surface area (Å²) in [6.45, 7) is 3.79. The molecule has 0 spiro atoms. The summed E-state index contributed by atoms with van der Waals surface area (Å²) >= 11 is 0. The third kappa shape index (κ3) is 9.31. The number of hydrogen-bond donors (Lipinski definition) is 2. The van der Waals surface area contributed by atoms with E-state index in [0.29, 0.717) is 32.6 Å². The van der Waals surface area contributed by atoms with Crippen molar-refractivity contribution in [2.75, 3.05) is 33.5 Å². The van der Waals surface area contributed by atoms with Crippen LogP contribution in [0.2, 0.25) is 0 Å². The molecule has 1 aliphatic heterocycles. The van der Waals surface area contributed by atoms with Gasteiger partial charge in [0.1, 0.15) is 0 Å². The molecule has 0 aromatic carbocycles. The first-order chi connectivity index (χ1) is 12.4. The lowest BCUT2D eigenvalue weighted by atomic mass is 9.98. The van der Waals surface area contributed by atoms with Crippen molar-refractivity contribution in [3.8, 4) is 0 Å². The van der Waals surface area contributed by atoms with Crippen molar-refractivity contribution in [2.24, 2.45) is 5.92 Å². The molecule has 0 radical (unpaired) electrons. The van der Waals surface area contributed by atoms with Crippen LogP contribution in [0.1, 0.15) is 45.4 Å². The maximum absolute atomic E-state index is 12.3. The third-order valence-electron chi connectivity index (χ3n) is 4.39. The number of nitrogens with zero attached hydrogens (tertiary/aromatic N) is 1. The van der Waals surface area contributed by atoms with E-state index >= 15 is 0 Å². The molecule has 1 unspecified atom stereocenters. The van der Waals surface area contributed by atoms with E-state index in [1.54, 1.807) is 13.2 Å². The molecule has 1 rings (SSSR count). The van der Waals surface area contributed by atoms with Crippen LogP contribution >= 0.6 is 0 Å². The van der Waals surface area contributed by atoms with Gasteiger partial charge in [0, 0.05) is 26.7 Å². The van der Waals surface area contributed by atoms with Gasteiger partial charge in [0.05, 0.1) is 31.8 Å². The van der Waals surface area contributed by atoms with Gasteiger partial charge in [-0.25, -0.2) is 0 Å². The number of hydrogen-bond acceptors (Lipinski definition) is 5. The summed E-state index contributed by atoms with van der Waals surface area (Å²) in [7, 11) is 1.64. The summed E-state index contributed by atoms with van der Waals surface area (Å²) in [4.78, 5) is 24.7. The van der Waals surface area contributed by atoms with Gasteiger partial charge in [-0.2, -0.15) is 0 Å². The normalized spacial score (nSPS) is 20.5. The molecule has 3 atom stereocenters. The maximum atomic E-state index is 12.3. The number of carbonyl (C=O) groups excluding carboxylic acids is 1. The molecule has 7 nitrogen and oxygen atoms in total. The van der Waals surface area contributed by atoms with Gasteiger partial charge in [-0.1, -0.05) is 19.1 Å². The van der Waals surface area contributed by atoms with Crippen LogP contribution in [-0.2, 0) is 19.1 Å². The van der Waals surface area contributed by atoms with Gasteiger partial charge >= 0.3 is 5.97 Å². The first-order valence-corrected chi connectivity index (χ1v) is 9.38. The fraction of sp³-hybridized carbons (Fsp3) is 0.789. The van der Waals surface area contributed by atoms with Crippen molar-refractivity contribution in [3.05, 3.63) is 12.2 Å². The first kappa shape index (κ1) is 22.6. The Morgan fingerprint density at radius 3 is 2.88 bits per heavy atom. The topological polar surface area (TPSA) is 96.3 Å². The molecule has 7 heteroatoms. The Kier molecular flexibility index (Phi) is 11.2. The number of likely N-dealkylation sites (tertiary alicyclic amines) is 1. The summed E-state index contributed by atoms with van der Waals surface area (Å²) in [5.41, 5.74) is 0. The van der Waals surface area contributed by atoms with Gasteiger partial charge in [-0.15, -0.1) is 0 Å². The Balaban J connectivity index is 2.47. The highest BCUT2D eigenvalue weighted by atomic mass is 16.5. The fourth-order valence-corrected chi connectivity index (χ4v) is 3.01. The number of methoxy groups -OCH3 is 1. The van der Waals surface area contributed by atoms with Crippen LogP contribution in [0.15, 0.2) is 12.2 Å². The van der Waals surface area contributed by atoms with Gasteiger partial charge in [0.15, 0.2) is 0 Å². The lowest BCUT2D eigenvalue weighted by Crippen LogP contribution is -2.45. The molecule has 1 heterocycles. The number of carboxylic acids is 1. The molecule has 1 fully saturated rings. The Hall–Kier alpha value is -1.44. The van der Waals surface area contributed by atoms with E-state index in [1.807, 2.05) is 17.9 Å². The van der Waals surface area contributed by atoms with Crippen LogP contribution in [0.4, 0.5) is 0 Å². The molecule has 0 bridgehead atoms. The van der Waals surface area contributed by atoms with E-state index in [1.165, 1.54) is 0 Å². The Morgan fingerprint density at radius 1 is 1.42 bits per heavy atom. The van der Waals surface area contributed by atoms with E-state index in [9.17, 15) is 14.7 Å². The summed E-state index contributed by atoms with van der Waals surface area (Å²) in [5, 5.41) is 18.6. The Morgan fingerprint density at radius 2 is 2.19 bits per heavy atom. The second-order valence-corrected chi connectivity index (χ2v) is 6.92. The average molecular weight is 371 g/mol. The highest BCUT2D eigenvalue weighted by molar-refractivity contribution is 5.77. The number of carboxylic acid groups (broad SMARTS) is 1. The fourth-order valence-electron chi connectivity index (χ4n) is 3.01. The third-order valence-corrected chi connectivity index (χ3v) is 4.39. The molecule has 1 amide bonds. The Labute approximate surface area is 156 Å². The highest BCUT2D eigenvalue weighted by Gasteiger charge is 2.27. The molecule has 1 aliphatic rings. The van der Waals surface area contributed by atoms with Crippen LogP contribution in [0.25, 0.3) is 0 Å². The standard InChI is InChI=1S/C19H33NO6/c1-15(14-26-12-10-19(23)24)13-20-16(5-3-7-18(20)22)8-9-17(21)6-4-11-25-2/h8-9,15-17,21H,3-7,10-14H2,1-2H3,(H,23,24)/b9-8+/t15-,16-,17?/m1/s1. The number of piperidine rings is 1. The summed E-state index contributed by atoms with van der Waals surface area (Å²) in [6, 6.07) is -0.00482. The smallest absolute Gasteiger partial charge is 0.305 e. The maximum Gasteiger partial charge on any atom is 0.305 e. The number of rotatable bonds is 13. The molecule has 0 aliphatic carbocycles. The molecule has 2 N–H and O–H groups in total. The van der Waals surface area contributed by atoms with Crippen molar-refractivity contribution < 1.29 is 29.3 Å². The molecule has 150 valence electrons. The van der Waals surface area contributed by atoms with Crippen molar-refractivity contribution in [3.63, 3.8) is 0 Å². The zero-order valence-electron chi connectivity index (χ0n) is 15.9. The van der Waals surface area contributed by atoms with Crippen LogP contribution in [0.5, 0.6) is 0 Å². The van der Waals surface area contributed by atoms with E-state index < -0.39 is 12.1 Å². The van der Waals surface area contributed by atoms with E-state index in [0.717, 1.165) is 19.3 Å². The van der Waals surface area contributed by atoms with Gasteiger partial charge < -0.3 is 24.6 Å². The van der Waals surface area contributed by atoms with Crippen molar-refractivity contribution in [2.45, 2.75) is 57.6 Å². The van der Waals surface area contributed by atoms with Gasteiger partial charge in [-0.3, -0.25) is 9.59 Å². The van der Waals surface area contributed by atoms with Crippen LogP contribution in [-0.4, -0.2) is 72.6 Å². The largest absolute Gasteiger partial charge is 0.481 e. The molecule has 26 heavy (non-hydrogen) atoms. The predicted octanol–water partition coefficient (Wildman–Crippen LogP) is 1.84. The van der Waals surface area contributed by atoms with Crippen molar-refractivity contribution in [1.82, 2.24) is 4.90 Å². The number of aliphatic hydroxyl groups excluding tert-OH is 1. The quantitative estimate of drug-likeness (QED) is 0.379. The van der Waals surface area contributed by atoms with Crippen LogP contribution < -0.4 is 0 Å². The van der Waals surface area contributed by atoms with Crippen LogP contribution in [0, 0.1) is 5.92 Å². The number of carbonyl (C=O) groups is 2. The number of amides is 1. The molecule has 1 saturated heterocycles. The summed E-state index contributed by atoms with van der Waals surface area (Å²) < 4.78 is 10.4. The van der Waals surface area contributed by atoms with Crippen molar-refractivity contribution in [1.29, 1.82) is 0 Å². The van der Waals surface area contributed by atoms with E-state index in [4.69, 9.17) is 14.6 Å². The van der Waals surface area contributed by atoms with Crippen molar-refractivity contribution >= 4 is 11.9 Å². The molecule has 0 aromatic rings. The number of aliphatic hydroxyl groups is 1. The SMILES string of the molecule is COCCCC(O)/C=C/[C@H]1CCCC(=O)N1C[C@@H](C)COCCC(=O)O. The predicted molar refractivity (Wildman–Crippen MR) is 97.8 cm³/mol. The second-order valence-electron chi connectivity index (χ2n) is 6.92. The lowest BCUT2D eigenvalue weighted by molar-refractivity contribution is -0.138. The van der Waals surface area contributed by atoms with Crippen LogP contribution in [0.3, 0.4) is 0 Å². The molecular weight excluding hydrogens is 338 g/mol. The zero-order valence-corrected chi connectivity index (χ0v) is 15.9.